The summed E-state index contributed by atoms with van der Waals surface area (Å²) in [6, 6.07) is -0.778. The van der Waals surface area contributed by atoms with Crippen LogP contribution in [-0.2, 0) is 0 Å². The fraction of sp³-hybridized carbons (Fsp3) is 0.667. The summed E-state index contributed by atoms with van der Waals surface area (Å²) >= 11 is 0. The number of imidazole rings is 1. The predicted octanol–water partition coefficient (Wildman–Crippen LogP) is 1.13. The van der Waals surface area contributed by atoms with Crippen LogP contribution in [0, 0.1) is 5.92 Å². The second-order valence-electron chi connectivity index (χ2n) is 6.69. The fourth-order valence-electron chi connectivity index (χ4n) is 3.17. The van der Waals surface area contributed by atoms with Crippen molar-refractivity contribution in [2.75, 3.05) is 30.3 Å². The number of aromatic nitrogens is 4. The van der Waals surface area contributed by atoms with Crippen LogP contribution in [0.3, 0.4) is 0 Å². The molecule has 2 aromatic rings. The average Bonchev–Trinajstić information content (AvgIpc) is 3.24. The maximum Gasteiger partial charge on any atom is 0.321 e. The molecular weight excluding hydrogens is 351 g/mol. The first-order valence-corrected chi connectivity index (χ1v) is 8.58. The third-order valence-corrected chi connectivity index (χ3v) is 4.80. The van der Waals surface area contributed by atoms with Gasteiger partial charge in [-0.15, -0.1) is 0 Å². The molecule has 4 rings (SSSR count). The van der Waals surface area contributed by atoms with Crippen LogP contribution in [0.1, 0.15) is 19.4 Å². The van der Waals surface area contributed by atoms with Crippen molar-refractivity contribution in [2.45, 2.75) is 37.6 Å². The number of aliphatic hydroxyl groups excluding tert-OH is 1. The van der Waals surface area contributed by atoms with Crippen LogP contribution < -0.4 is 16.0 Å². The molecule has 2 fully saturated rings. The van der Waals surface area contributed by atoms with Gasteiger partial charge >= 0.3 is 6.55 Å². The molecule has 2 unspecified atom stereocenters. The summed E-state index contributed by atoms with van der Waals surface area (Å²) in [5.74, 6) is 0.612. The van der Waals surface area contributed by atoms with Crippen molar-refractivity contribution in [2.24, 2.45) is 5.92 Å². The van der Waals surface area contributed by atoms with E-state index in [1.54, 1.807) is 0 Å². The molecule has 8 nitrogen and oxygen atoms in total. The van der Waals surface area contributed by atoms with Crippen LogP contribution in [0.2, 0.25) is 0 Å². The first-order chi connectivity index (χ1) is 12.6. The highest BCUT2D eigenvalue weighted by Crippen LogP contribution is 2.34. The molecule has 1 saturated heterocycles. The van der Waals surface area contributed by atoms with E-state index in [9.17, 15) is 18.3 Å². The minimum atomic E-state index is -2.81. The molecule has 11 heteroatoms. The quantitative estimate of drug-likeness (QED) is 0.579. The summed E-state index contributed by atoms with van der Waals surface area (Å²) < 4.78 is 41.0. The van der Waals surface area contributed by atoms with Gasteiger partial charge in [0.25, 0.3) is 0 Å². The SMILES string of the molecule is OC[C@H](Nc1nc(NC2CNCC2F)c2ncn(C(F)F)c2n1)C1CC1. The second-order valence-corrected chi connectivity index (χ2v) is 6.69. The minimum absolute atomic E-state index is 0.0474. The Morgan fingerprint density at radius 3 is 2.73 bits per heavy atom. The first kappa shape index (κ1) is 17.3. The Morgan fingerprint density at radius 1 is 1.31 bits per heavy atom. The van der Waals surface area contributed by atoms with Crippen LogP contribution in [0.4, 0.5) is 24.9 Å². The molecule has 2 aromatic heterocycles. The van der Waals surface area contributed by atoms with Crippen molar-refractivity contribution in [1.82, 2.24) is 24.8 Å². The number of hydrogen-bond acceptors (Lipinski definition) is 7. The molecule has 0 amide bonds. The zero-order valence-electron chi connectivity index (χ0n) is 13.9. The fourth-order valence-corrected chi connectivity index (χ4v) is 3.17. The smallest absolute Gasteiger partial charge is 0.321 e. The van der Waals surface area contributed by atoms with E-state index in [0.717, 1.165) is 19.2 Å². The lowest BCUT2D eigenvalue weighted by atomic mass is 10.2. The van der Waals surface area contributed by atoms with Gasteiger partial charge in [0.15, 0.2) is 17.0 Å². The van der Waals surface area contributed by atoms with E-state index in [-0.39, 0.29) is 42.1 Å². The summed E-state index contributed by atoms with van der Waals surface area (Å²) in [5.41, 5.74) is 0.107. The van der Waals surface area contributed by atoms with Crippen LogP contribution in [0.15, 0.2) is 6.33 Å². The highest BCUT2D eigenvalue weighted by molar-refractivity contribution is 5.84. The number of anilines is 2. The van der Waals surface area contributed by atoms with Crippen LogP contribution in [0.25, 0.3) is 11.2 Å². The zero-order chi connectivity index (χ0) is 18.3. The lowest BCUT2D eigenvalue weighted by Crippen LogP contribution is -2.31. The number of nitrogens with one attached hydrogen (secondary N) is 3. The van der Waals surface area contributed by atoms with Gasteiger partial charge < -0.3 is 21.1 Å². The van der Waals surface area contributed by atoms with Gasteiger partial charge in [-0.25, -0.2) is 9.37 Å². The largest absolute Gasteiger partial charge is 0.394 e. The average molecular weight is 371 g/mol. The van der Waals surface area contributed by atoms with Gasteiger partial charge in [-0.3, -0.25) is 4.57 Å². The topological polar surface area (TPSA) is 99.9 Å². The molecule has 3 atom stereocenters. The Hall–Kier alpha value is -2.14. The Bertz CT molecular complexity index is 782. The molecule has 0 aromatic carbocycles. The highest BCUT2D eigenvalue weighted by atomic mass is 19.3. The Morgan fingerprint density at radius 2 is 2.12 bits per heavy atom. The zero-order valence-corrected chi connectivity index (χ0v) is 13.9. The van der Waals surface area contributed by atoms with Gasteiger partial charge in [-0.2, -0.15) is 18.7 Å². The van der Waals surface area contributed by atoms with Crippen LogP contribution >= 0.6 is 0 Å². The highest BCUT2D eigenvalue weighted by Gasteiger charge is 2.32. The lowest BCUT2D eigenvalue weighted by molar-refractivity contribution is 0.0740. The monoisotopic (exact) mass is 371 g/mol. The van der Waals surface area contributed by atoms with E-state index in [1.807, 2.05) is 0 Å². The molecule has 1 saturated carbocycles. The maximum absolute atomic E-state index is 13.9. The number of nitrogens with zero attached hydrogens (tertiary/aromatic N) is 4. The van der Waals surface area contributed by atoms with Crippen LogP contribution in [0.5, 0.6) is 0 Å². The number of hydrogen-bond donors (Lipinski definition) is 4. The number of aliphatic hydroxyl groups is 1. The molecule has 0 bridgehead atoms. The van der Waals surface area contributed by atoms with Crippen molar-refractivity contribution in [1.29, 1.82) is 0 Å². The molecule has 26 heavy (non-hydrogen) atoms. The van der Waals surface area contributed by atoms with Gasteiger partial charge in [0.05, 0.1) is 18.7 Å². The van der Waals surface area contributed by atoms with Gasteiger partial charge in [0.2, 0.25) is 5.95 Å². The van der Waals surface area contributed by atoms with Crippen molar-refractivity contribution in [3.8, 4) is 0 Å². The lowest BCUT2D eigenvalue weighted by Gasteiger charge is -2.18. The van der Waals surface area contributed by atoms with E-state index < -0.39 is 18.8 Å². The molecular formula is C15H20F3N7O. The van der Waals surface area contributed by atoms with E-state index in [4.69, 9.17) is 0 Å². The molecule has 1 aliphatic carbocycles. The van der Waals surface area contributed by atoms with Crippen molar-refractivity contribution < 1.29 is 18.3 Å². The van der Waals surface area contributed by atoms with Crippen molar-refractivity contribution in [3.05, 3.63) is 6.33 Å². The third-order valence-electron chi connectivity index (χ3n) is 4.80. The molecule has 0 radical (unpaired) electrons. The van der Waals surface area contributed by atoms with Gasteiger partial charge in [-0.1, -0.05) is 0 Å². The summed E-state index contributed by atoms with van der Waals surface area (Å²) in [6.07, 6.45) is 1.84. The summed E-state index contributed by atoms with van der Waals surface area (Å²) in [4.78, 5) is 12.4. The third kappa shape index (κ3) is 3.28. The Balaban J connectivity index is 1.70. The molecule has 3 heterocycles. The number of alkyl halides is 3. The summed E-state index contributed by atoms with van der Waals surface area (Å²) in [5, 5.41) is 18.4. The van der Waals surface area contributed by atoms with Gasteiger partial charge in [0.1, 0.15) is 12.5 Å². The second kappa shape index (κ2) is 6.88. The van der Waals surface area contributed by atoms with Gasteiger partial charge in [-0.05, 0) is 18.8 Å². The van der Waals surface area contributed by atoms with Gasteiger partial charge in [0, 0.05) is 13.1 Å². The van der Waals surface area contributed by atoms with Crippen molar-refractivity contribution >= 4 is 22.9 Å². The Labute approximate surface area is 147 Å². The molecule has 2 aliphatic rings. The molecule has 4 N–H and O–H groups in total. The van der Waals surface area contributed by atoms with E-state index in [0.29, 0.717) is 17.0 Å². The van der Waals surface area contributed by atoms with Crippen LogP contribution in [-0.4, -0.2) is 62.6 Å². The summed E-state index contributed by atoms with van der Waals surface area (Å²) in [7, 11) is 0. The molecule has 142 valence electrons. The van der Waals surface area contributed by atoms with E-state index >= 15 is 0 Å². The first-order valence-electron chi connectivity index (χ1n) is 8.58. The van der Waals surface area contributed by atoms with E-state index in [1.165, 1.54) is 0 Å². The normalized spacial score (nSPS) is 24.3. The summed E-state index contributed by atoms with van der Waals surface area (Å²) in [6.45, 7) is -2.31. The van der Waals surface area contributed by atoms with E-state index in [2.05, 4.69) is 30.9 Å². The minimum Gasteiger partial charge on any atom is -0.394 e. The number of fused-ring (bicyclic) bond motifs is 1. The number of halogens is 3. The number of rotatable bonds is 7. The van der Waals surface area contributed by atoms with Crippen molar-refractivity contribution in [3.63, 3.8) is 0 Å². The Kier molecular flexibility index (Phi) is 4.57. The standard InChI is InChI=1S/C15H20F3N7O/c16-8-3-19-4-9(8)21-12-11-13(25(6-20-11)14(17)18)24-15(23-12)22-10(5-26)7-1-2-7/h6-10,14,19,26H,1-5H2,(H2,21,22,23,24)/t8?,9?,10-/m0/s1. The predicted molar refractivity (Wildman–Crippen MR) is 89.0 cm³/mol. The molecule has 1 aliphatic heterocycles. The maximum atomic E-state index is 13.9. The molecule has 0 spiro atoms.